The van der Waals surface area contributed by atoms with Gasteiger partial charge in [-0.05, 0) is 24.3 Å². The summed E-state index contributed by atoms with van der Waals surface area (Å²) in [6, 6.07) is 11.7. The molecule has 0 radical (unpaired) electrons. The highest BCUT2D eigenvalue weighted by molar-refractivity contribution is 6.32. The molecule has 0 aromatic heterocycles. The van der Waals surface area contributed by atoms with E-state index in [-0.39, 0.29) is 6.61 Å². The molecule has 2 aromatic rings. The fourth-order valence-electron chi connectivity index (χ4n) is 1.98. The van der Waals surface area contributed by atoms with Crippen LogP contribution in [0.5, 0.6) is 17.2 Å². The minimum absolute atomic E-state index is 0.358. The van der Waals surface area contributed by atoms with Gasteiger partial charge in [0.25, 0.3) is 5.91 Å². The first kappa shape index (κ1) is 19.4. The van der Waals surface area contributed by atoms with E-state index >= 15 is 0 Å². The Balaban J connectivity index is 1.83. The third kappa shape index (κ3) is 5.56. The molecule has 8 heteroatoms. The van der Waals surface area contributed by atoms with Crippen molar-refractivity contribution >= 4 is 29.2 Å². The monoisotopic (exact) mass is 379 g/mol. The van der Waals surface area contributed by atoms with Crippen molar-refractivity contribution in [1.82, 2.24) is 0 Å². The number of methoxy groups -OCH3 is 2. The topological polar surface area (TPSA) is 83.1 Å². The summed E-state index contributed by atoms with van der Waals surface area (Å²) in [6.07, 6.45) is 0. The maximum atomic E-state index is 12.0. The molecule has 0 heterocycles. The van der Waals surface area contributed by atoms with Gasteiger partial charge >= 0.3 is 5.97 Å². The fourth-order valence-corrected chi connectivity index (χ4v) is 2.17. The van der Waals surface area contributed by atoms with Crippen LogP contribution in [0.4, 0.5) is 5.69 Å². The Labute approximate surface area is 155 Å². The van der Waals surface area contributed by atoms with Crippen molar-refractivity contribution in [3.8, 4) is 17.2 Å². The first-order chi connectivity index (χ1) is 12.5. The molecule has 0 fully saturated rings. The zero-order valence-corrected chi connectivity index (χ0v) is 15.0. The number of carbonyl (C=O) groups is 2. The summed E-state index contributed by atoms with van der Waals surface area (Å²) in [5.74, 6) is 0.135. The van der Waals surface area contributed by atoms with Crippen LogP contribution >= 0.6 is 11.6 Å². The van der Waals surface area contributed by atoms with Gasteiger partial charge in [0.1, 0.15) is 17.2 Å². The van der Waals surface area contributed by atoms with Crippen molar-refractivity contribution < 1.29 is 28.5 Å². The minimum atomic E-state index is -0.697. The summed E-state index contributed by atoms with van der Waals surface area (Å²) >= 11 is 5.92. The molecule has 0 saturated heterocycles. The minimum Gasteiger partial charge on any atom is -0.497 e. The first-order valence-corrected chi connectivity index (χ1v) is 7.96. The predicted octanol–water partition coefficient (Wildman–Crippen LogP) is 2.92. The smallest absolute Gasteiger partial charge is 0.344 e. The summed E-state index contributed by atoms with van der Waals surface area (Å²) < 4.78 is 20.4. The molecule has 2 aromatic carbocycles. The number of rotatable bonds is 8. The average molecular weight is 380 g/mol. The lowest BCUT2D eigenvalue weighted by Gasteiger charge is -2.12. The van der Waals surface area contributed by atoms with Gasteiger partial charge in [0.05, 0.1) is 24.9 Å². The van der Waals surface area contributed by atoms with Crippen LogP contribution in [-0.2, 0) is 14.3 Å². The van der Waals surface area contributed by atoms with Crippen molar-refractivity contribution in [3.63, 3.8) is 0 Å². The van der Waals surface area contributed by atoms with Crippen molar-refractivity contribution in [2.24, 2.45) is 0 Å². The van der Waals surface area contributed by atoms with Gasteiger partial charge in [-0.1, -0.05) is 23.7 Å². The highest BCUT2D eigenvalue weighted by Gasteiger charge is 2.12. The number of benzene rings is 2. The predicted molar refractivity (Wildman–Crippen MR) is 96.1 cm³/mol. The van der Waals surface area contributed by atoms with E-state index in [1.165, 1.54) is 14.2 Å². The van der Waals surface area contributed by atoms with Gasteiger partial charge in [-0.15, -0.1) is 0 Å². The Kier molecular flexibility index (Phi) is 7.11. The van der Waals surface area contributed by atoms with Crippen LogP contribution in [0.3, 0.4) is 0 Å². The molecule has 0 saturated carbocycles. The van der Waals surface area contributed by atoms with Crippen LogP contribution in [0, 0.1) is 0 Å². The van der Waals surface area contributed by atoms with Crippen molar-refractivity contribution in [3.05, 3.63) is 47.5 Å². The zero-order chi connectivity index (χ0) is 18.9. The van der Waals surface area contributed by atoms with Crippen LogP contribution in [0.15, 0.2) is 42.5 Å². The molecule has 138 valence electrons. The molecule has 2 rings (SSSR count). The molecule has 0 spiro atoms. The highest BCUT2D eigenvalue weighted by atomic mass is 35.5. The molecular formula is C18H18ClNO6. The third-order valence-corrected chi connectivity index (χ3v) is 3.54. The molecule has 0 atom stereocenters. The van der Waals surface area contributed by atoms with E-state index < -0.39 is 18.5 Å². The zero-order valence-electron chi connectivity index (χ0n) is 14.3. The van der Waals surface area contributed by atoms with E-state index in [0.29, 0.717) is 28.0 Å². The standard InChI is InChI=1S/C18H18ClNO6/c1-23-12-7-8-16(24-2)14(9-12)20-17(21)10-26-18(22)11-25-15-6-4-3-5-13(15)19/h3-9H,10-11H2,1-2H3,(H,20,21). The summed E-state index contributed by atoms with van der Waals surface area (Å²) in [5.41, 5.74) is 0.403. The van der Waals surface area contributed by atoms with E-state index in [1.807, 2.05) is 0 Å². The maximum Gasteiger partial charge on any atom is 0.344 e. The van der Waals surface area contributed by atoms with Gasteiger partial charge < -0.3 is 24.3 Å². The van der Waals surface area contributed by atoms with Crippen molar-refractivity contribution in [2.75, 3.05) is 32.8 Å². The second-order valence-corrected chi connectivity index (χ2v) is 5.40. The Bertz CT molecular complexity index is 780. The number of hydrogen-bond acceptors (Lipinski definition) is 6. The number of hydrogen-bond donors (Lipinski definition) is 1. The van der Waals surface area contributed by atoms with Crippen molar-refractivity contribution in [1.29, 1.82) is 0 Å². The molecule has 0 unspecified atom stereocenters. The van der Waals surface area contributed by atoms with Gasteiger partial charge in [-0.3, -0.25) is 4.79 Å². The lowest BCUT2D eigenvalue weighted by atomic mass is 10.2. The second-order valence-electron chi connectivity index (χ2n) is 4.99. The van der Waals surface area contributed by atoms with Crippen LogP contribution in [0.1, 0.15) is 0 Å². The van der Waals surface area contributed by atoms with Crippen molar-refractivity contribution in [2.45, 2.75) is 0 Å². The van der Waals surface area contributed by atoms with Crippen LogP contribution in [0.2, 0.25) is 5.02 Å². The second kappa shape index (κ2) is 9.53. The Morgan fingerprint density at radius 3 is 2.46 bits per heavy atom. The molecule has 0 aliphatic rings. The molecule has 0 aliphatic carbocycles. The lowest BCUT2D eigenvalue weighted by Crippen LogP contribution is -2.24. The number of anilines is 1. The maximum absolute atomic E-state index is 12.0. The quantitative estimate of drug-likeness (QED) is 0.710. The highest BCUT2D eigenvalue weighted by Crippen LogP contribution is 2.28. The van der Waals surface area contributed by atoms with Crippen LogP contribution in [-0.4, -0.2) is 39.3 Å². The summed E-state index contributed by atoms with van der Waals surface area (Å²) in [4.78, 5) is 23.7. The summed E-state index contributed by atoms with van der Waals surface area (Å²) in [5, 5.41) is 2.97. The fraction of sp³-hybridized carbons (Fsp3) is 0.222. The van der Waals surface area contributed by atoms with Crippen LogP contribution in [0.25, 0.3) is 0 Å². The lowest BCUT2D eigenvalue weighted by molar-refractivity contribution is -0.149. The Morgan fingerprint density at radius 1 is 1.00 bits per heavy atom. The van der Waals surface area contributed by atoms with E-state index in [2.05, 4.69) is 5.32 Å². The van der Waals surface area contributed by atoms with Gasteiger partial charge in [0.15, 0.2) is 13.2 Å². The Hall–Kier alpha value is -2.93. The molecule has 26 heavy (non-hydrogen) atoms. The number of carbonyl (C=O) groups excluding carboxylic acids is 2. The number of halogens is 1. The summed E-state index contributed by atoms with van der Waals surface area (Å²) in [7, 11) is 2.98. The molecular weight excluding hydrogens is 362 g/mol. The average Bonchev–Trinajstić information content (AvgIpc) is 2.65. The molecule has 7 nitrogen and oxygen atoms in total. The largest absolute Gasteiger partial charge is 0.497 e. The van der Waals surface area contributed by atoms with E-state index in [4.69, 9.17) is 30.5 Å². The SMILES string of the molecule is COc1ccc(OC)c(NC(=O)COC(=O)COc2ccccc2Cl)c1. The molecule has 1 N–H and O–H groups in total. The number of ether oxygens (including phenoxy) is 4. The van der Waals surface area contributed by atoms with Crippen LogP contribution < -0.4 is 19.5 Å². The molecule has 0 bridgehead atoms. The number of nitrogens with one attached hydrogen (secondary N) is 1. The van der Waals surface area contributed by atoms with Gasteiger partial charge in [0, 0.05) is 6.07 Å². The summed E-state index contributed by atoms with van der Waals surface area (Å²) in [6.45, 7) is -0.829. The third-order valence-electron chi connectivity index (χ3n) is 3.23. The number of amides is 1. The number of para-hydroxylation sites is 1. The van der Waals surface area contributed by atoms with E-state index in [0.717, 1.165) is 0 Å². The van der Waals surface area contributed by atoms with Gasteiger partial charge in [-0.25, -0.2) is 4.79 Å². The van der Waals surface area contributed by atoms with Gasteiger partial charge in [-0.2, -0.15) is 0 Å². The first-order valence-electron chi connectivity index (χ1n) is 7.58. The Morgan fingerprint density at radius 2 is 1.77 bits per heavy atom. The normalized spacial score (nSPS) is 9.96. The molecule has 0 aliphatic heterocycles. The van der Waals surface area contributed by atoms with E-state index in [9.17, 15) is 9.59 Å². The van der Waals surface area contributed by atoms with E-state index in [1.54, 1.807) is 42.5 Å². The molecule has 1 amide bonds. The number of esters is 1. The van der Waals surface area contributed by atoms with Gasteiger partial charge in [0.2, 0.25) is 0 Å².